The highest BCUT2D eigenvalue weighted by Crippen LogP contribution is 2.33. The molecule has 1 amide bonds. The van der Waals surface area contributed by atoms with Crippen LogP contribution < -0.4 is 10.2 Å². The van der Waals surface area contributed by atoms with Gasteiger partial charge in [0.2, 0.25) is 0 Å². The highest BCUT2D eigenvalue weighted by atomic mass is 16.5. The number of carbonyl (C=O) groups excluding carboxylic acids is 1. The highest BCUT2D eigenvalue weighted by molar-refractivity contribution is 5.93. The molecular weight excluding hydrogens is 304 g/mol. The predicted octanol–water partition coefficient (Wildman–Crippen LogP) is 3.07. The Morgan fingerprint density at radius 1 is 1.29 bits per heavy atom. The van der Waals surface area contributed by atoms with Crippen molar-refractivity contribution in [2.24, 2.45) is 0 Å². The molecule has 3 rings (SSSR count). The molecule has 2 aromatic rings. The third-order valence-electron chi connectivity index (χ3n) is 4.51. The number of amides is 1. The lowest BCUT2D eigenvalue weighted by Crippen LogP contribution is -2.28. The molecule has 1 aliphatic heterocycles. The monoisotopic (exact) mass is 326 g/mol. The summed E-state index contributed by atoms with van der Waals surface area (Å²) in [5, 5.41) is 8.84. The van der Waals surface area contributed by atoms with Crippen LogP contribution >= 0.6 is 0 Å². The van der Waals surface area contributed by atoms with E-state index in [1.165, 1.54) is 11.1 Å². The number of hydrogen-bond donors (Lipinski definition) is 2. The number of benzene rings is 2. The van der Waals surface area contributed by atoms with Crippen LogP contribution in [0.4, 0.5) is 0 Å². The summed E-state index contributed by atoms with van der Waals surface area (Å²) in [6.45, 7) is 6.43. The Kier molecular flexibility index (Phi) is 4.83. The van der Waals surface area contributed by atoms with Gasteiger partial charge in [-0.25, -0.2) is 5.48 Å². The van der Waals surface area contributed by atoms with Crippen LogP contribution in [-0.2, 0) is 6.54 Å². The van der Waals surface area contributed by atoms with Gasteiger partial charge in [0.05, 0.1) is 0 Å². The summed E-state index contributed by atoms with van der Waals surface area (Å²) in [5.41, 5.74) is 5.56. The molecule has 126 valence electrons. The molecule has 24 heavy (non-hydrogen) atoms. The molecule has 1 atom stereocenters. The Bertz CT molecular complexity index is 728. The lowest BCUT2D eigenvalue weighted by Gasteiger charge is -2.27. The lowest BCUT2D eigenvalue weighted by molar-refractivity contribution is 0.0706. The molecule has 0 bridgehead atoms. The van der Waals surface area contributed by atoms with Gasteiger partial charge < -0.3 is 4.74 Å². The summed E-state index contributed by atoms with van der Waals surface area (Å²) < 4.78 is 5.84. The van der Waals surface area contributed by atoms with Gasteiger partial charge in [-0.05, 0) is 37.6 Å². The Morgan fingerprint density at radius 3 is 2.75 bits per heavy atom. The Hall–Kier alpha value is -2.37. The van der Waals surface area contributed by atoms with E-state index >= 15 is 0 Å². The molecule has 2 aromatic carbocycles. The molecule has 0 spiro atoms. The average molecular weight is 326 g/mol. The Balaban J connectivity index is 1.87. The van der Waals surface area contributed by atoms with Gasteiger partial charge in [0.25, 0.3) is 5.91 Å². The minimum Gasteiger partial charge on any atom is -0.492 e. The summed E-state index contributed by atoms with van der Waals surface area (Å²) in [4.78, 5) is 14.0. The van der Waals surface area contributed by atoms with Crippen LogP contribution in [0.25, 0.3) is 0 Å². The zero-order valence-electron chi connectivity index (χ0n) is 14.0. The molecule has 0 saturated heterocycles. The van der Waals surface area contributed by atoms with Gasteiger partial charge in [0.15, 0.2) is 0 Å². The third kappa shape index (κ3) is 3.42. The zero-order valence-corrected chi connectivity index (χ0v) is 14.0. The van der Waals surface area contributed by atoms with E-state index in [-0.39, 0.29) is 6.04 Å². The fourth-order valence-electron chi connectivity index (χ4n) is 3.02. The number of nitrogens with zero attached hydrogens (tertiary/aromatic N) is 1. The maximum Gasteiger partial charge on any atom is 0.274 e. The number of ether oxygens (including phenoxy) is 1. The first-order chi connectivity index (χ1) is 11.6. The standard InChI is InChI=1S/C19H22N2O3/c1-13-3-5-15(6-4-13)12-21-9-10-24-18-8-7-16(19(22)20-23)11-17(18)14(21)2/h3-8,11,14,23H,9-10,12H2,1-2H3,(H,20,22). The van der Waals surface area contributed by atoms with E-state index in [0.29, 0.717) is 12.2 Å². The summed E-state index contributed by atoms with van der Waals surface area (Å²) in [5.74, 6) is 0.280. The molecule has 5 heteroatoms. The van der Waals surface area contributed by atoms with Crippen LogP contribution in [0, 0.1) is 6.92 Å². The van der Waals surface area contributed by atoms with Crippen LogP contribution in [0.2, 0.25) is 0 Å². The number of hydroxylamine groups is 1. The molecule has 0 radical (unpaired) electrons. The van der Waals surface area contributed by atoms with Gasteiger partial charge in [0.1, 0.15) is 12.4 Å². The Labute approximate surface area is 141 Å². The molecule has 1 aliphatic rings. The maximum absolute atomic E-state index is 11.7. The lowest BCUT2D eigenvalue weighted by atomic mass is 10.0. The van der Waals surface area contributed by atoms with Gasteiger partial charge >= 0.3 is 0 Å². The molecule has 0 aliphatic carbocycles. The zero-order chi connectivity index (χ0) is 17.1. The van der Waals surface area contributed by atoms with Crippen molar-refractivity contribution in [3.63, 3.8) is 0 Å². The number of hydrogen-bond acceptors (Lipinski definition) is 4. The van der Waals surface area contributed by atoms with Gasteiger partial charge in [-0.15, -0.1) is 0 Å². The van der Waals surface area contributed by atoms with E-state index in [4.69, 9.17) is 9.94 Å². The van der Waals surface area contributed by atoms with Crippen LogP contribution in [-0.4, -0.2) is 29.2 Å². The number of carbonyl (C=O) groups is 1. The molecule has 0 saturated carbocycles. The topological polar surface area (TPSA) is 61.8 Å². The molecule has 2 N–H and O–H groups in total. The number of nitrogens with one attached hydrogen (secondary N) is 1. The van der Waals surface area contributed by atoms with Crippen molar-refractivity contribution in [3.05, 3.63) is 64.7 Å². The second-order valence-corrected chi connectivity index (χ2v) is 6.17. The second-order valence-electron chi connectivity index (χ2n) is 6.17. The van der Waals surface area contributed by atoms with Crippen LogP contribution in [0.15, 0.2) is 42.5 Å². The molecule has 1 heterocycles. The van der Waals surface area contributed by atoms with E-state index in [0.717, 1.165) is 24.4 Å². The van der Waals surface area contributed by atoms with Crippen LogP contribution in [0.1, 0.15) is 40.0 Å². The van der Waals surface area contributed by atoms with Crippen LogP contribution in [0.5, 0.6) is 5.75 Å². The number of rotatable bonds is 3. The first-order valence-electron chi connectivity index (χ1n) is 8.09. The third-order valence-corrected chi connectivity index (χ3v) is 4.51. The first kappa shape index (κ1) is 16.5. The molecular formula is C19H22N2O3. The van der Waals surface area contributed by atoms with Crippen molar-refractivity contribution in [2.45, 2.75) is 26.4 Å². The fourth-order valence-corrected chi connectivity index (χ4v) is 3.02. The first-order valence-corrected chi connectivity index (χ1v) is 8.09. The van der Waals surface area contributed by atoms with Gasteiger partial charge in [-0.2, -0.15) is 0 Å². The van der Waals surface area contributed by atoms with E-state index in [9.17, 15) is 4.79 Å². The average Bonchev–Trinajstić information content (AvgIpc) is 2.75. The second kappa shape index (κ2) is 7.03. The molecule has 0 aromatic heterocycles. The Morgan fingerprint density at radius 2 is 2.04 bits per heavy atom. The minimum atomic E-state index is -0.515. The normalized spacial score (nSPS) is 17.5. The number of fused-ring (bicyclic) bond motifs is 1. The smallest absolute Gasteiger partial charge is 0.274 e. The van der Waals surface area contributed by atoms with Crippen molar-refractivity contribution in [1.82, 2.24) is 10.4 Å². The van der Waals surface area contributed by atoms with Gasteiger partial charge in [0, 0.05) is 30.3 Å². The van der Waals surface area contributed by atoms with Crippen LogP contribution in [0.3, 0.4) is 0 Å². The van der Waals surface area contributed by atoms with Crippen molar-refractivity contribution in [3.8, 4) is 5.75 Å². The SMILES string of the molecule is Cc1ccc(CN2CCOc3ccc(C(=O)NO)cc3C2C)cc1. The largest absolute Gasteiger partial charge is 0.492 e. The van der Waals surface area contributed by atoms with Crippen molar-refractivity contribution < 1.29 is 14.7 Å². The summed E-state index contributed by atoms with van der Waals surface area (Å²) in [6.07, 6.45) is 0. The summed E-state index contributed by atoms with van der Waals surface area (Å²) in [6, 6.07) is 13.9. The van der Waals surface area contributed by atoms with E-state index in [1.807, 2.05) is 0 Å². The molecule has 0 fully saturated rings. The highest BCUT2D eigenvalue weighted by Gasteiger charge is 2.24. The summed E-state index contributed by atoms with van der Waals surface area (Å²) in [7, 11) is 0. The fraction of sp³-hybridized carbons (Fsp3) is 0.316. The quantitative estimate of drug-likeness (QED) is 0.672. The van der Waals surface area contributed by atoms with Crippen molar-refractivity contribution in [2.75, 3.05) is 13.2 Å². The molecule has 1 unspecified atom stereocenters. The van der Waals surface area contributed by atoms with Crippen molar-refractivity contribution in [1.29, 1.82) is 0 Å². The maximum atomic E-state index is 11.7. The van der Waals surface area contributed by atoms with E-state index < -0.39 is 5.91 Å². The number of aryl methyl sites for hydroxylation is 1. The van der Waals surface area contributed by atoms with Gasteiger partial charge in [-0.3, -0.25) is 14.9 Å². The van der Waals surface area contributed by atoms with Crippen molar-refractivity contribution >= 4 is 5.91 Å². The minimum absolute atomic E-state index is 0.107. The van der Waals surface area contributed by atoms with E-state index in [1.54, 1.807) is 23.7 Å². The summed E-state index contributed by atoms with van der Waals surface area (Å²) >= 11 is 0. The van der Waals surface area contributed by atoms with E-state index in [2.05, 4.69) is 43.0 Å². The predicted molar refractivity (Wildman–Crippen MR) is 91.2 cm³/mol. The van der Waals surface area contributed by atoms with Gasteiger partial charge in [-0.1, -0.05) is 29.8 Å². The molecule has 5 nitrogen and oxygen atoms in total.